The predicted molar refractivity (Wildman–Crippen MR) is 73.1 cm³/mol. The fourth-order valence-electron chi connectivity index (χ4n) is 2.58. The van der Waals surface area contributed by atoms with Gasteiger partial charge in [0.1, 0.15) is 17.0 Å². The Kier molecular flexibility index (Phi) is 3.28. The van der Waals surface area contributed by atoms with Gasteiger partial charge in [-0.05, 0) is 43.9 Å². The summed E-state index contributed by atoms with van der Waals surface area (Å²) >= 11 is 18.7. The van der Waals surface area contributed by atoms with Crippen LogP contribution in [0.4, 0.5) is 0 Å². The Morgan fingerprint density at radius 1 is 1.33 bits per heavy atom. The van der Waals surface area contributed by atoms with E-state index in [4.69, 9.17) is 34.8 Å². The molecule has 2 saturated carbocycles. The van der Waals surface area contributed by atoms with E-state index in [1.165, 1.54) is 0 Å². The normalized spacial score (nSPS) is 28.9. The number of hydrogen-bond donors (Lipinski definition) is 0. The zero-order valence-electron chi connectivity index (χ0n) is 10.0. The van der Waals surface area contributed by atoms with Crippen molar-refractivity contribution in [1.82, 2.24) is 14.8 Å². The second-order valence-corrected chi connectivity index (χ2v) is 7.88. The summed E-state index contributed by atoms with van der Waals surface area (Å²) in [6, 6.07) is 0. The average Bonchev–Trinajstić information content (AvgIpc) is 3.09. The van der Waals surface area contributed by atoms with Crippen LogP contribution in [0.15, 0.2) is 12.7 Å². The van der Waals surface area contributed by atoms with Crippen molar-refractivity contribution in [2.45, 2.75) is 47.9 Å². The lowest BCUT2D eigenvalue weighted by atomic mass is 9.95. The van der Waals surface area contributed by atoms with Crippen molar-refractivity contribution in [3.05, 3.63) is 12.7 Å². The summed E-state index contributed by atoms with van der Waals surface area (Å²) in [5.74, 6) is 0.878. The van der Waals surface area contributed by atoms with E-state index in [9.17, 15) is 0 Å². The van der Waals surface area contributed by atoms with Gasteiger partial charge in [-0.2, -0.15) is 5.10 Å². The molecule has 100 valence electrons. The number of halogens is 3. The Morgan fingerprint density at radius 2 is 2.06 bits per heavy atom. The largest absolute Gasteiger partial charge is 0.253 e. The Hall–Kier alpha value is 0.01000. The molecule has 3 rings (SSSR count). The molecule has 6 heteroatoms. The fourth-order valence-corrected chi connectivity index (χ4v) is 3.44. The van der Waals surface area contributed by atoms with Crippen LogP contribution in [0.1, 0.15) is 32.1 Å². The molecule has 0 aromatic carbocycles. The van der Waals surface area contributed by atoms with Crippen molar-refractivity contribution in [1.29, 1.82) is 0 Å². The third kappa shape index (κ3) is 2.78. The third-order valence-electron chi connectivity index (χ3n) is 4.15. The molecule has 0 spiro atoms. The van der Waals surface area contributed by atoms with Gasteiger partial charge in [-0.1, -0.05) is 0 Å². The van der Waals surface area contributed by atoms with Crippen molar-refractivity contribution in [3.8, 4) is 0 Å². The van der Waals surface area contributed by atoms with E-state index in [0.29, 0.717) is 11.8 Å². The van der Waals surface area contributed by atoms with Crippen molar-refractivity contribution in [2.24, 2.45) is 11.8 Å². The summed E-state index contributed by atoms with van der Waals surface area (Å²) in [7, 11) is 0. The molecular weight excluding hydrogens is 293 g/mol. The molecule has 1 heterocycles. The average molecular weight is 309 g/mol. The summed E-state index contributed by atoms with van der Waals surface area (Å²) < 4.78 is 1.40. The topological polar surface area (TPSA) is 30.7 Å². The van der Waals surface area contributed by atoms with Gasteiger partial charge < -0.3 is 0 Å². The van der Waals surface area contributed by atoms with Crippen LogP contribution in [-0.4, -0.2) is 24.0 Å². The van der Waals surface area contributed by atoms with E-state index in [0.717, 1.165) is 38.6 Å². The van der Waals surface area contributed by atoms with E-state index >= 15 is 0 Å². The Morgan fingerprint density at radius 3 is 2.56 bits per heavy atom. The first-order valence-corrected chi connectivity index (χ1v) is 7.52. The summed E-state index contributed by atoms with van der Waals surface area (Å²) in [4.78, 5) is 3.95. The second kappa shape index (κ2) is 4.53. The van der Waals surface area contributed by atoms with Gasteiger partial charge in [-0.3, -0.25) is 4.68 Å². The molecule has 0 aliphatic heterocycles. The van der Waals surface area contributed by atoms with Crippen molar-refractivity contribution >= 4 is 34.8 Å². The van der Waals surface area contributed by atoms with Crippen LogP contribution in [-0.2, 0) is 6.54 Å². The zero-order valence-corrected chi connectivity index (χ0v) is 12.3. The summed E-state index contributed by atoms with van der Waals surface area (Å²) in [6.45, 7) is 0.841. The van der Waals surface area contributed by atoms with E-state index in [-0.39, 0.29) is 4.87 Å². The lowest BCUT2D eigenvalue weighted by molar-refractivity contribution is 0.351. The van der Waals surface area contributed by atoms with Crippen LogP contribution in [0.5, 0.6) is 0 Å². The minimum Gasteiger partial charge on any atom is -0.253 e. The Labute approximate surface area is 122 Å². The molecule has 0 radical (unpaired) electrons. The maximum Gasteiger partial charge on any atom is 0.137 e. The summed E-state index contributed by atoms with van der Waals surface area (Å²) in [6.07, 6.45) is 8.56. The highest BCUT2D eigenvalue weighted by atomic mass is 35.5. The second-order valence-electron chi connectivity index (χ2n) is 5.59. The molecule has 2 atom stereocenters. The number of hydrogen-bond acceptors (Lipinski definition) is 2. The van der Waals surface area contributed by atoms with E-state index < -0.39 is 4.33 Å². The molecule has 18 heavy (non-hydrogen) atoms. The highest BCUT2D eigenvalue weighted by molar-refractivity contribution is 6.50. The lowest BCUT2D eigenvalue weighted by Crippen LogP contribution is -2.23. The van der Waals surface area contributed by atoms with Crippen molar-refractivity contribution < 1.29 is 0 Å². The summed E-state index contributed by atoms with van der Waals surface area (Å²) in [5.41, 5.74) is 0. The van der Waals surface area contributed by atoms with Gasteiger partial charge in [0.25, 0.3) is 0 Å². The maximum atomic E-state index is 6.57. The number of aromatic nitrogens is 3. The van der Waals surface area contributed by atoms with Crippen molar-refractivity contribution in [2.75, 3.05) is 0 Å². The molecule has 2 aliphatic carbocycles. The molecule has 1 aromatic heterocycles. The van der Waals surface area contributed by atoms with Gasteiger partial charge >= 0.3 is 0 Å². The SMILES string of the molecule is ClC1(Cl)C[C@H]1CC[C@@H](Cn1cncn1)C1(Cl)CC1. The first-order valence-electron chi connectivity index (χ1n) is 6.39. The smallest absolute Gasteiger partial charge is 0.137 e. The lowest BCUT2D eigenvalue weighted by Gasteiger charge is -2.21. The minimum atomic E-state index is -0.471. The van der Waals surface area contributed by atoms with Crippen molar-refractivity contribution in [3.63, 3.8) is 0 Å². The molecular formula is C12H16Cl3N3. The van der Waals surface area contributed by atoms with Crippen LogP contribution in [0.3, 0.4) is 0 Å². The standard InChI is InChI=1S/C12H16Cl3N3/c13-11(3-4-11)10(6-18-8-16-7-17-18)2-1-9-5-12(9,14)15/h7-10H,1-6H2/t9-,10+/m1/s1. The van der Waals surface area contributed by atoms with Crippen LogP contribution < -0.4 is 0 Å². The molecule has 0 amide bonds. The first kappa shape index (κ1) is 13.0. The van der Waals surface area contributed by atoms with Gasteiger partial charge in [0.2, 0.25) is 0 Å². The van der Waals surface area contributed by atoms with E-state index in [2.05, 4.69) is 10.1 Å². The van der Waals surface area contributed by atoms with Crippen LogP contribution in [0, 0.1) is 11.8 Å². The van der Waals surface area contributed by atoms with Crippen LogP contribution in [0.25, 0.3) is 0 Å². The molecule has 0 N–H and O–H groups in total. The van der Waals surface area contributed by atoms with Gasteiger partial charge in [0, 0.05) is 11.4 Å². The van der Waals surface area contributed by atoms with Gasteiger partial charge in [0.05, 0.1) is 0 Å². The quantitative estimate of drug-likeness (QED) is 0.751. The molecule has 1 aromatic rings. The Bertz CT molecular complexity index is 414. The highest BCUT2D eigenvalue weighted by Gasteiger charge is 2.53. The fraction of sp³-hybridized carbons (Fsp3) is 0.833. The molecule has 3 nitrogen and oxygen atoms in total. The number of alkyl halides is 3. The van der Waals surface area contributed by atoms with Crippen LogP contribution in [0.2, 0.25) is 0 Å². The molecule has 0 bridgehead atoms. The molecule has 0 unspecified atom stereocenters. The number of nitrogens with zero attached hydrogens (tertiary/aromatic N) is 3. The molecule has 2 aliphatic rings. The van der Waals surface area contributed by atoms with Crippen LogP contribution >= 0.6 is 34.8 Å². The minimum absolute atomic E-state index is 0.0257. The monoisotopic (exact) mass is 307 g/mol. The van der Waals surface area contributed by atoms with Gasteiger partial charge in [-0.25, -0.2) is 4.98 Å². The molecule has 2 fully saturated rings. The summed E-state index contributed by atoms with van der Waals surface area (Å²) in [5, 5.41) is 4.16. The van der Waals surface area contributed by atoms with E-state index in [1.54, 1.807) is 12.7 Å². The Balaban J connectivity index is 1.57. The highest BCUT2D eigenvalue weighted by Crippen LogP contribution is 2.57. The van der Waals surface area contributed by atoms with Gasteiger partial charge in [0.15, 0.2) is 0 Å². The van der Waals surface area contributed by atoms with Gasteiger partial charge in [-0.15, -0.1) is 34.8 Å². The third-order valence-corrected chi connectivity index (χ3v) is 5.77. The first-order chi connectivity index (χ1) is 8.50. The van der Waals surface area contributed by atoms with E-state index in [1.807, 2.05) is 4.68 Å². The number of rotatable bonds is 6. The predicted octanol–water partition coefficient (Wildman–Crippen LogP) is 3.64. The zero-order chi connectivity index (χ0) is 12.8. The molecule has 0 saturated heterocycles. The maximum absolute atomic E-state index is 6.57.